The average molecular weight is 1360 g/mol. The lowest BCUT2D eigenvalue weighted by Gasteiger charge is -2.59. The van der Waals surface area contributed by atoms with Crippen LogP contribution in [0.4, 0.5) is 13.2 Å². The average Bonchev–Trinajstić information content (AvgIpc) is 1.56. The smallest absolute Gasteiger partial charge is 0.393 e. The van der Waals surface area contributed by atoms with Gasteiger partial charge in [0, 0.05) is 33.5 Å². The summed E-state index contributed by atoms with van der Waals surface area (Å²) < 4.78 is 136. The molecular weight excluding hydrogens is 1260 g/mol. The molecule has 2 aliphatic heterocycles. The van der Waals surface area contributed by atoms with Crippen molar-refractivity contribution in [3.8, 4) is 0 Å². The molecule has 0 radical (unpaired) electrons. The van der Waals surface area contributed by atoms with Crippen molar-refractivity contribution in [1.82, 2.24) is 0 Å². The molecule has 3 N–H and O–H groups in total. The third-order valence-electron chi connectivity index (χ3n) is 21.0. The first-order valence-corrected chi connectivity index (χ1v) is 36.0. The summed E-state index contributed by atoms with van der Waals surface area (Å²) in [5, 5.41) is 33.2. The Morgan fingerprint density at radius 1 is 0.648 bits per heavy atom. The number of halogens is 3. The predicted octanol–water partition coefficient (Wildman–Crippen LogP) is 11.7. The predicted molar refractivity (Wildman–Crippen MR) is 332 cm³/mol. The minimum atomic E-state index is -5.80. The molecule has 522 valence electrons. The van der Waals surface area contributed by atoms with Crippen molar-refractivity contribution >= 4 is 48.4 Å². The Hall–Kier alpha value is -2.68. The van der Waals surface area contributed by atoms with Crippen molar-refractivity contribution in [3.05, 3.63) is 47.6 Å². The lowest BCUT2D eigenvalue weighted by molar-refractivity contribution is -0.201. The van der Waals surface area contributed by atoms with E-state index in [4.69, 9.17) is 32.7 Å². The van der Waals surface area contributed by atoms with Crippen LogP contribution in [0.3, 0.4) is 0 Å². The van der Waals surface area contributed by atoms with Gasteiger partial charge in [0.05, 0.1) is 50.8 Å². The highest BCUT2D eigenvalue weighted by molar-refractivity contribution is 7.87. The number of carbonyl (C=O) groups is 4. The topological polar surface area (TPSA) is 290 Å². The van der Waals surface area contributed by atoms with Crippen molar-refractivity contribution in [2.45, 2.75) is 222 Å². The number of alkyl halides is 3. The van der Waals surface area contributed by atoms with Crippen LogP contribution in [0.2, 0.25) is 0 Å². The molecule has 18 atom stereocenters. The molecule has 0 aromatic carbocycles. The molecule has 2 heterocycles. The molecule has 2 saturated heterocycles. The van der Waals surface area contributed by atoms with Gasteiger partial charge in [0.1, 0.15) is 19.6 Å². The Bertz CT molecular complexity index is 2940. The molecule has 8 fully saturated rings. The number of aliphatic hydroxyl groups excluding tert-OH is 3. The van der Waals surface area contributed by atoms with Crippen molar-refractivity contribution in [1.29, 1.82) is 0 Å². The standard InChI is InChI=1S/C30H45O9P.C25H34O6.C6H12F3O6PS.3CH4/c1-6-9-26-38-25-15-22-21-11-10-19-14-20(31)12-13-28(19,4)27(21)23(32)16-29(22,5)30(25,39-26)24(33)17-35-18-40(34,36-7-2)37-8-3;1-4-5-21-30-20-11-17-16-7-6-14-10-15(27)8-9-23(14,2)22(16)18(28)12-24(17,3)25(20,31-21)19(29)13-26;1-3-13-16(10,14-4-2)5-15-17(11,12)6(7,8)9;;;/h12-14,21-23,25-27,32H,6-11,15-18H2,1-5H3;8-10,16-18,20-22,26,28H,4-7,11-13H2,1-3H3;3-5H2,1-2H3;3*1H4/t21-,22-,23-,25+,26?,27+,28-,29-,30+;16-,17-,18-,20+,21?,22+,23-,24-,25+;;;;/m00..../s1. The molecule has 8 aliphatic carbocycles. The number of hydrogen-bond donors (Lipinski definition) is 3. The molecule has 2 unspecified atom stereocenters. The van der Waals surface area contributed by atoms with E-state index in [2.05, 4.69) is 47.8 Å². The Kier molecular flexibility index (Phi) is 26.0. The summed E-state index contributed by atoms with van der Waals surface area (Å²) in [5.74, 6) is -0.0655. The molecule has 10 aliphatic rings. The Morgan fingerprint density at radius 2 is 1.03 bits per heavy atom. The van der Waals surface area contributed by atoms with Gasteiger partial charge in [-0.15, -0.1) is 0 Å². The molecule has 0 spiro atoms. The van der Waals surface area contributed by atoms with Crippen LogP contribution < -0.4 is 0 Å². The van der Waals surface area contributed by atoms with E-state index in [-0.39, 0.29) is 126 Å². The third-order valence-corrected chi connectivity index (χ3v) is 25.8. The van der Waals surface area contributed by atoms with E-state index in [1.165, 1.54) is 13.8 Å². The van der Waals surface area contributed by atoms with Crippen LogP contribution in [0.15, 0.2) is 47.6 Å². The fourth-order valence-corrected chi connectivity index (χ4v) is 21.2. The van der Waals surface area contributed by atoms with Gasteiger partial charge in [-0.1, -0.05) is 100.0 Å². The second-order valence-electron chi connectivity index (χ2n) is 25.8. The van der Waals surface area contributed by atoms with E-state index in [0.29, 0.717) is 38.5 Å². The van der Waals surface area contributed by atoms with Crippen LogP contribution >= 0.6 is 15.2 Å². The monoisotopic (exact) mass is 1360 g/mol. The second kappa shape index (κ2) is 30.0. The highest BCUT2D eigenvalue weighted by Gasteiger charge is 2.77. The number of Topliss-reactive ketones (excluding diaryl/α,β-unsaturated/α-hetero) is 2. The number of ketones is 4. The number of hydrogen-bond acceptors (Lipinski definition) is 21. The van der Waals surface area contributed by atoms with Crippen LogP contribution in [-0.4, -0.2) is 153 Å². The second-order valence-corrected chi connectivity index (χ2v) is 31.4. The normalized spacial score (nSPS) is 38.3. The number of ether oxygens (including phenoxy) is 5. The van der Waals surface area contributed by atoms with Gasteiger partial charge in [0.15, 0.2) is 53.3 Å². The molecule has 21 nitrogen and oxygen atoms in total. The summed E-state index contributed by atoms with van der Waals surface area (Å²) >= 11 is 0. The fourth-order valence-electron chi connectivity index (χ4n) is 17.7. The number of rotatable bonds is 22. The maximum Gasteiger partial charge on any atom is 0.523 e. The highest BCUT2D eigenvalue weighted by atomic mass is 32.2. The molecule has 0 bridgehead atoms. The van der Waals surface area contributed by atoms with Crippen LogP contribution in [0.25, 0.3) is 0 Å². The van der Waals surface area contributed by atoms with E-state index in [1.807, 2.05) is 19.1 Å². The first-order chi connectivity index (χ1) is 41.3. The molecule has 0 amide bonds. The van der Waals surface area contributed by atoms with Gasteiger partial charge in [0.2, 0.25) is 0 Å². The summed E-state index contributed by atoms with van der Waals surface area (Å²) in [4.78, 5) is 51.6. The summed E-state index contributed by atoms with van der Waals surface area (Å²) in [6.45, 7) is 18.1. The molecule has 91 heavy (non-hydrogen) atoms. The molecule has 27 heteroatoms. The third kappa shape index (κ3) is 14.1. The van der Waals surface area contributed by atoms with Crippen molar-refractivity contribution in [3.63, 3.8) is 0 Å². The first-order valence-electron chi connectivity index (χ1n) is 31.1. The molecular formula is C64H103F3O21P2S. The zero-order valence-corrected chi connectivity index (χ0v) is 54.8. The summed E-state index contributed by atoms with van der Waals surface area (Å²) in [5.41, 5.74) is -7.90. The number of carbonyl (C=O) groups excluding carboxylic acids is 4. The van der Waals surface area contributed by atoms with Gasteiger partial charge < -0.3 is 57.1 Å². The summed E-state index contributed by atoms with van der Waals surface area (Å²) in [7, 11) is -13.3. The summed E-state index contributed by atoms with van der Waals surface area (Å²) in [6, 6.07) is 0. The zero-order valence-electron chi connectivity index (χ0n) is 52.2. The minimum Gasteiger partial charge on any atom is -0.393 e. The van der Waals surface area contributed by atoms with Crippen LogP contribution in [-0.2, 0) is 84.4 Å². The Balaban J connectivity index is 0.000000263. The van der Waals surface area contributed by atoms with E-state index in [0.717, 1.165) is 49.7 Å². The van der Waals surface area contributed by atoms with Gasteiger partial charge in [-0.3, -0.25) is 32.5 Å². The quantitative estimate of drug-likeness (QED) is 0.0515. The number of fused-ring (bicyclic) bond motifs is 14. The number of allylic oxidation sites excluding steroid dienone is 8. The van der Waals surface area contributed by atoms with Crippen LogP contribution in [0.5, 0.6) is 0 Å². The Morgan fingerprint density at radius 3 is 1.40 bits per heavy atom. The van der Waals surface area contributed by atoms with Crippen molar-refractivity contribution in [2.24, 2.45) is 57.2 Å². The highest BCUT2D eigenvalue weighted by Crippen LogP contribution is 2.72. The van der Waals surface area contributed by atoms with Gasteiger partial charge in [-0.05, 0) is 140 Å². The minimum absolute atomic E-state index is 0. The van der Waals surface area contributed by atoms with E-state index in [1.54, 1.807) is 38.2 Å². The van der Waals surface area contributed by atoms with E-state index >= 15 is 0 Å². The van der Waals surface area contributed by atoms with Crippen LogP contribution in [0, 0.1) is 57.2 Å². The Labute approximate surface area is 536 Å². The van der Waals surface area contributed by atoms with Gasteiger partial charge in [-0.2, -0.15) is 21.6 Å². The SMILES string of the molecule is C.C.C.CCCC1O[C@@H]2C[C@H]3[C@@H]4CCC5=CC(=O)C=C[C@]5(C)[C@H]4[C@@H](O)C[C@]3(C)[C@]2(C(=O)CO)O1.CCCC1O[C@@H]2C[C@H]3[C@@H]4CCC5=CC(=O)C=C[C@]5(C)[C@H]4[C@@H](O)C[C@]3(C)[C@]2(C(=O)COCP(=O)(OCC)OCC)O1.CCOP(=O)(COS(=O)(=O)C(F)(F)F)OCC. The zero-order chi connectivity index (χ0) is 64.8. The first kappa shape index (κ1) is 79.0. The largest absolute Gasteiger partial charge is 0.523 e. The van der Waals surface area contributed by atoms with Gasteiger partial charge in [0.25, 0.3) is 0 Å². The fraction of sp³-hybridized carbons (Fsp3) is 0.812. The molecule has 0 aromatic rings. The maximum atomic E-state index is 14.2. The van der Waals surface area contributed by atoms with Gasteiger partial charge >= 0.3 is 30.8 Å². The maximum absolute atomic E-state index is 14.2. The van der Waals surface area contributed by atoms with Gasteiger partial charge in [-0.25, -0.2) is 0 Å². The van der Waals surface area contributed by atoms with E-state index < -0.39 is 108 Å². The van der Waals surface area contributed by atoms with Crippen molar-refractivity contribution in [2.75, 3.05) is 52.3 Å². The lowest BCUT2D eigenvalue weighted by atomic mass is 9.46. The molecule has 0 aromatic heterocycles. The number of aliphatic hydroxyl groups is 3. The van der Waals surface area contributed by atoms with Crippen LogP contribution in [0.1, 0.15) is 169 Å². The van der Waals surface area contributed by atoms with Crippen molar-refractivity contribution < 1.29 is 111 Å². The lowest BCUT2D eigenvalue weighted by Crippen LogP contribution is -2.63. The molecule has 6 saturated carbocycles. The van der Waals surface area contributed by atoms with E-state index in [9.17, 15) is 65.2 Å². The molecule has 10 rings (SSSR count). The summed E-state index contributed by atoms with van der Waals surface area (Å²) in [6.07, 6.45) is 14.5.